The summed E-state index contributed by atoms with van der Waals surface area (Å²) in [7, 11) is 0. The standard InChI is InChI=1S/C16H19N5O2/c1-11-4-3-7-17-15(11)16(23)20-8-5-13(10-20)21-9-6-14(19-21)18-12(2)22/h3-4,6-7,9,13H,5,8,10H2,1-2H3,(H,18,19,22)/t13-/m1/s1. The predicted octanol–water partition coefficient (Wildman–Crippen LogP) is 1.63. The lowest BCUT2D eigenvalue weighted by Crippen LogP contribution is -2.30. The molecule has 0 unspecified atom stereocenters. The molecule has 1 saturated heterocycles. The monoisotopic (exact) mass is 313 g/mol. The molecule has 7 heteroatoms. The molecule has 2 aromatic heterocycles. The molecule has 0 bridgehead atoms. The van der Waals surface area contributed by atoms with Gasteiger partial charge >= 0.3 is 0 Å². The van der Waals surface area contributed by atoms with Crippen molar-refractivity contribution in [2.45, 2.75) is 26.3 Å². The largest absolute Gasteiger partial charge is 0.335 e. The number of nitrogens with one attached hydrogen (secondary N) is 1. The maximum atomic E-state index is 12.6. The lowest BCUT2D eigenvalue weighted by Gasteiger charge is -2.17. The molecule has 0 spiro atoms. The molecule has 1 aliphatic heterocycles. The van der Waals surface area contributed by atoms with Crippen LogP contribution in [0.1, 0.15) is 35.4 Å². The van der Waals surface area contributed by atoms with Gasteiger partial charge in [-0.15, -0.1) is 0 Å². The summed E-state index contributed by atoms with van der Waals surface area (Å²) in [5.74, 6) is 0.340. The molecular formula is C16H19N5O2. The average molecular weight is 313 g/mol. The average Bonchev–Trinajstić information content (AvgIpc) is 3.15. The highest BCUT2D eigenvalue weighted by Crippen LogP contribution is 2.23. The van der Waals surface area contributed by atoms with Crippen molar-refractivity contribution >= 4 is 17.6 Å². The van der Waals surface area contributed by atoms with Gasteiger partial charge in [-0.25, -0.2) is 0 Å². The van der Waals surface area contributed by atoms with Crippen LogP contribution in [-0.4, -0.2) is 44.6 Å². The van der Waals surface area contributed by atoms with E-state index in [2.05, 4.69) is 15.4 Å². The summed E-state index contributed by atoms with van der Waals surface area (Å²) in [6.07, 6.45) is 4.30. The van der Waals surface area contributed by atoms with Gasteiger partial charge in [-0.05, 0) is 25.0 Å². The maximum Gasteiger partial charge on any atom is 0.272 e. The number of pyridine rings is 1. The van der Waals surface area contributed by atoms with Crippen LogP contribution in [0, 0.1) is 6.92 Å². The summed E-state index contributed by atoms with van der Waals surface area (Å²) in [5.41, 5.74) is 1.39. The highest BCUT2D eigenvalue weighted by atomic mass is 16.2. The third-order valence-corrected chi connectivity index (χ3v) is 3.95. The number of carbonyl (C=O) groups excluding carboxylic acids is 2. The van der Waals surface area contributed by atoms with Gasteiger partial charge in [0.2, 0.25) is 5.91 Å². The van der Waals surface area contributed by atoms with Gasteiger partial charge in [0.15, 0.2) is 5.82 Å². The van der Waals surface area contributed by atoms with Crippen molar-refractivity contribution in [3.05, 3.63) is 41.9 Å². The van der Waals surface area contributed by atoms with Crippen molar-refractivity contribution in [3.63, 3.8) is 0 Å². The quantitative estimate of drug-likeness (QED) is 0.934. The third-order valence-electron chi connectivity index (χ3n) is 3.95. The fourth-order valence-corrected chi connectivity index (χ4v) is 2.79. The third kappa shape index (κ3) is 3.23. The van der Waals surface area contributed by atoms with Gasteiger partial charge in [0, 0.05) is 38.5 Å². The van der Waals surface area contributed by atoms with Crippen molar-refractivity contribution in [2.24, 2.45) is 0 Å². The van der Waals surface area contributed by atoms with E-state index in [1.165, 1.54) is 6.92 Å². The van der Waals surface area contributed by atoms with E-state index < -0.39 is 0 Å². The van der Waals surface area contributed by atoms with E-state index in [1.807, 2.05) is 29.9 Å². The Hall–Kier alpha value is -2.70. The zero-order valence-electron chi connectivity index (χ0n) is 13.2. The predicted molar refractivity (Wildman–Crippen MR) is 85.1 cm³/mol. The number of carbonyl (C=O) groups is 2. The number of amides is 2. The van der Waals surface area contributed by atoms with E-state index in [0.717, 1.165) is 12.0 Å². The minimum Gasteiger partial charge on any atom is -0.335 e. The molecule has 0 saturated carbocycles. The van der Waals surface area contributed by atoms with Gasteiger partial charge in [0.1, 0.15) is 5.69 Å². The molecule has 0 aliphatic carbocycles. The van der Waals surface area contributed by atoms with Crippen molar-refractivity contribution in [1.29, 1.82) is 0 Å². The topological polar surface area (TPSA) is 80.1 Å². The van der Waals surface area contributed by atoms with Crippen LogP contribution in [0.4, 0.5) is 5.82 Å². The summed E-state index contributed by atoms with van der Waals surface area (Å²) in [6, 6.07) is 5.59. The summed E-state index contributed by atoms with van der Waals surface area (Å²) in [5, 5.41) is 7.00. The van der Waals surface area contributed by atoms with Gasteiger partial charge in [-0.3, -0.25) is 19.3 Å². The molecule has 1 atom stereocenters. The number of aromatic nitrogens is 3. The molecule has 23 heavy (non-hydrogen) atoms. The van der Waals surface area contributed by atoms with E-state index in [9.17, 15) is 9.59 Å². The van der Waals surface area contributed by atoms with Gasteiger partial charge in [-0.1, -0.05) is 6.07 Å². The Morgan fingerprint density at radius 3 is 2.91 bits per heavy atom. The summed E-state index contributed by atoms with van der Waals surface area (Å²) in [4.78, 5) is 29.6. The van der Waals surface area contributed by atoms with Crippen LogP contribution in [-0.2, 0) is 4.79 Å². The molecular weight excluding hydrogens is 294 g/mol. The van der Waals surface area contributed by atoms with E-state index in [1.54, 1.807) is 17.2 Å². The number of aryl methyl sites for hydroxylation is 1. The SMILES string of the molecule is CC(=O)Nc1ccn([C@@H]2CCN(C(=O)c3ncccc3C)C2)n1. The lowest BCUT2D eigenvalue weighted by atomic mass is 10.2. The van der Waals surface area contributed by atoms with Crippen molar-refractivity contribution in [3.8, 4) is 0 Å². The zero-order chi connectivity index (χ0) is 16.4. The second-order valence-electron chi connectivity index (χ2n) is 5.72. The summed E-state index contributed by atoms with van der Waals surface area (Å²) < 4.78 is 1.81. The van der Waals surface area contributed by atoms with Crippen LogP contribution in [0.5, 0.6) is 0 Å². The lowest BCUT2D eigenvalue weighted by molar-refractivity contribution is -0.114. The fraction of sp³-hybridized carbons (Fsp3) is 0.375. The Kier molecular flexibility index (Phi) is 4.10. The van der Waals surface area contributed by atoms with E-state index in [-0.39, 0.29) is 17.9 Å². The van der Waals surface area contributed by atoms with E-state index >= 15 is 0 Å². The van der Waals surface area contributed by atoms with Gasteiger partial charge < -0.3 is 10.2 Å². The van der Waals surface area contributed by atoms with Crippen LogP contribution in [0.15, 0.2) is 30.6 Å². The second-order valence-corrected chi connectivity index (χ2v) is 5.72. The molecule has 1 fully saturated rings. The molecule has 2 amide bonds. The number of rotatable bonds is 3. The Bertz CT molecular complexity index is 740. The van der Waals surface area contributed by atoms with Crippen molar-refractivity contribution in [1.82, 2.24) is 19.7 Å². The second kappa shape index (κ2) is 6.20. The van der Waals surface area contributed by atoms with Crippen LogP contribution in [0.25, 0.3) is 0 Å². The maximum absolute atomic E-state index is 12.6. The molecule has 0 aromatic carbocycles. The molecule has 0 radical (unpaired) electrons. The molecule has 3 heterocycles. The number of likely N-dealkylation sites (tertiary alicyclic amines) is 1. The van der Waals surface area contributed by atoms with Crippen LogP contribution >= 0.6 is 0 Å². The van der Waals surface area contributed by atoms with Gasteiger partial charge in [0.25, 0.3) is 5.91 Å². The van der Waals surface area contributed by atoms with Crippen LogP contribution in [0.2, 0.25) is 0 Å². The molecule has 1 aliphatic rings. The van der Waals surface area contributed by atoms with Crippen molar-refractivity contribution < 1.29 is 9.59 Å². The van der Waals surface area contributed by atoms with Crippen LogP contribution < -0.4 is 5.32 Å². The van der Waals surface area contributed by atoms with E-state index in [0.29, 0.717) is 24.6 Å². The normalized spacial score (nSPS) is 17.3. The van der Waals surface area contributed by atoms with Gasteiger partial charge in [-0.2, -0.15) is 5.10 Å². The smallest absolute Gasteiger partial charge is 0.272 e. The first-order valence-electron chi connectivity index (χ1n) is 7.58. The zero-order valence-corrected chi connectivity index (χ0v) is 13.2. The first-order valence-corrected chi connectivity index (χ1v) is 7.58. The number of hydrogen-bond acceptors (Lipinski definition) is 4. The first kappa shape index (κ1) is 15.2. The highest BCUT2D eigenvalue weighted by molar-refractivity contribution is 5.93. The highest BCUT2D eigenvalue weighted by Gasteiger charge is 2.29. The molecule has 7 nitrogen and oxygen atoms in total. The Morgan fingerprint density at radius 1 is 1.35 bits per heavy atom. The molecule has 120 valence electrons. The Morgan fingerprint density at radius 2 is 2.17 bits per heavy atom. The molecule has 2 aromatic rings. The first-order chi connectivity index (χ1) is 11.0. The molecule has 3 rings (SSSR count). The number of anilines is 1. The number of hydrogen-bond donors (Lipinski definition) is 1. The minimum absolute atomic E-state index is 0.0418. The van der Waals surface area contributed by atoms with Crippen molar-refractivity contribution in [2.75, 3.05) is 18.4 Å². The summed E-state index contributed by atoms with van der Waals surface area (Å²) in [6.45, 7) is 4.61. The Labute approximate surface area is 134 Å². The minimum atomic E-state index is -0.149. The van der Waals surface area contributed by atoms with E-state index in [4.69, 9.17) is 0 Å². The van der Waals surface area contributed by atoms with Crippen LogP contribution in [0.3, 0.4) is 0 Å². The summed E-state index contributed by atoms with van der Waals surface area (Å²) >= 11 is 0. The Balaban J connectivity index is 1.69. The molecule has 1 N–H and O–H groups in total. The fourth-order valence-electron chi connectivity index (χ4n) is 2.79. The van der Waals surface area contributed by atoms with Gasteiger partial charge in [0.05, 0.1) is 6.04 Å². The number of nitrogens with zero attached hydrogens (tertiary/aromatic N) is 4.